The zero-order valence-electron chi connectivity index (χ0n) is 19.5. The first-order chi connectivity index (χ1) is 15.4. The Labute approximate surface area is 200 Å². The first-order valence-electron chi connectivity index (χ1n) is 12.1. The molecule has 32 heavy (non-hydrogen) atoms. The van der Waals surface area contributed by atoms with Gasteiger partial charge in [-0.05, 0) is 74.1 Å². The highest BCUT2D eigenvalue weighted by atomic mass is 79.9. The summed E-state index contributed by atoms with van der Waals surface area (Å²) in [4.78, 5) is 35.1. The molecular formula is C25H36BrN3O3. The topological polar surface area (TPSA) is 61.9 Å². The van der Waals surface area contributed by atoms with E-state index in [1.54, 1.807) is 0 Å². The summed E-state index contributed by atoms with van der Waals surface area (Å²) < 4.78 is 0.926. The van der Waals surface area contributed by atoms with Gasteiger partial charge in [0.25, 0.3) is 0 Å². The van der Waals surface area contributed by atoms with Crippen molar-refractivity contribution in [3.05, 3.63) is 28.2 Å². The fourth-order valence-corrected chi connectivity index (χ4v) is 6.38. The molecule has 2 amide bonds. The predicted octanol–water partition coefficient (Wildman–Crippen LogP) is 4.63. The van der Waals surface area contributed by atoms with Gasteiger partial charge in [-0.3, -0.25) is 14.4 Å². The first-order valence-corrected chi connectivity index (χ1v) is 12.9. The Hall–Kier alpha value is -1.44. The van der Waals surface area contributed by atoms with Crippen molar-refractivity contribution < 1.29 is 14.4 Å². The number of likely N-dealkylation sites (tertiary alicyclic amines) is 1. The molecule has 0 spiro atoms. The van der Waals surface area contributed by atoms with E-state index in [1.807, 2.05) is 23.1 Å². The van der Waals surface area contributed by atoms with E-state index in [9.17, 15) is 9.59 Å². The average Bonchev–Trinajstić information content (AvgIpc) is 3.05. The molecule has 1 aromatic carbocycles. The molecule has 1 unspecified atom stereocenters. The SMILES string of the molecule is CONC(=O)CC1C(=O)N(C2CCN([C@H]3CC[C@@H](C(C)C)CC3)CC2)c2ccc(Br)cc21. The predicted molar refractivity (Wildman–Crippen MR) is 129 cm³/mol. The normalized spacial score (nSPS) is 27.1. The van der Waals surface area contributed by atoms with Gasteiger partial charge in [0.15, 0.2) is 0 Å². The number of anilines is 1. The van der Waals surface area contributed by atoms with Crippen molar-refractivity contribution in [2.45, 2.75) is 76.8 Å². The number of hydroxylamine groups is 1. The number of rotatable bonds is 6. The zero-order chi connectivity index (χ0) is 22.8. The smallest absolute Gasteiger partial charge is 0.244 e. The maximum atomic E-state index is 13.5. The van der Waals surface area contributed by atoms with Gasteiger partial charge in [0.1, 0.15) is 0 Å². The van der Waals surface area contributed by atoms with Gasteiger partial charge in [-0.2, -0.15) is 0 Å². The van der Waals surface area contributed by atoms with E-state index in [4.69, 9.17) is 4.84 Å². The highest BCUT2D eigenvalue weighted by molar-refractivity contribution is 9.10. The van der Waals surface area contributed by atoms with Gasteiger partial charge >= 0.3 is 0 Å². The molecule has 1 saturated heterocycles. The van der Waals surface area contributed by atoms with Gasteiger partial charge in [-0.1, -0.05) is 29.8 Å². The highest BCUT2D eigenvalue weighted by Crippen LogP contribution is 2.43. The van der Waals surface area contributed by atoms with Gasteiger partial charge in [-0.25, -0.2) is 5.48 Å². The van der Waals surface area contributed by atoms with E-state index in [0.717, 1.165) is 53.5 Å². The van der Waals surface area contributed by atoms with Crippen molar-refractivity contribution in [1.29, 1.82) is 0 Å². The molecule has 2 aliphatic heterocycles. The Balaban J connectivity index is 1.42. The second-order valence-electron chi connectivity index (χ2n) is 9.98. The Kier molecular flexibility index (Phi) is 7.58. The third kappa shape index (κ3) is 4.90. The standard InChI is InChI=1S/C25H36BrN3O3/c1-16(2)17-4-7-19(8-5-17)28-12-10-20(11-13-28)29-23-9-6-18(26)14-21(23)22(25(29)31)15-24(30)27-32-3/h6,9,14,16-17,19-20,22H,4-5,7-8,10-13,15H2,1-3H3,(H,27,30)/t17-,19+,22?. The van der Waals surface area contributed by atoms with Crippen LogP contribution in [-0.2, 0) is 14.4 Å². The fraction of sp³-hybridized carbons (Fsp3) is 0.680. The molecular weight excluding hydrogens is 470 g/mol. The molecule has 1 saturated carbocycles. The molecule has 4 rings (SSSR count). The van der Waals surface area contributed by atoms with Crippen molar-refractivity contribution in [2.24, 2.45) is 11.8 Å². The van der Waals surface area contributed by atoms with Crippen molar-refractivity contribution in [2.75, 3.05) is 25.1 Å². The number of nitrogens with zero attached hydrogens (tertiary/aromatic N) is 2. The molecule has 6 nitrogen and oxygen atoms in total. The lowest BCUT2D eigenvalue weighted by molar-refractivity contribution is -0.133. The van der Waals surface area contributed by atoms with Crippen LogP contribution in [0, 0.1) is 11.8 Å². The zero-order valence-corrected chi connectivity index (χ0v) is 21.1. The van der Waals surface area contributed by atoms with E-state index < -0.39 is 5.92 Å². The summed E-state index contributed by atoms with van der Waals surface area (Å²) >= 11 is 3.53. The summed E-state index contributed by atoms with van der Waals surface area (Å²) in [6, 6.07) is 6.89. The van der Waals surface area contributed by atoms with Gasteiger partial charge < -0.3 is 9.80 Å². The number of halogens is 1. The van der Waals surface area contributed by atoms with E-state index in [2.05, 4.69) is 40.2 Å². The third-order valence-electron chi connectivity index (χ3n) is 7.83. The molecule has 1 aromatic rings. The highest BCUT2D eigenvalue weighted by Gasteiger charge is 2.43. The molecule has 3 aliphatic rings. The number of hydrogen-bond acceptors (Lipinski definition) is 4. The van der Waals surface area contributed by atoms with Crippen LogP contribution in [0.2, 0.25) is 0 Å². The maximum Gasteiger partial charge on any atom is 0.244 e. The molecule has 0 bridgehead atoms. The lowest BCUT2D eigenvalue weighted by Crippen LogP contribution is -2.50. The molecule has 176 valence electrons. The summed E-state index contributed by atoms with van der Waals surface area (Å²) in [6.45, 7) is 6.80. The second-order valence-corrected chi connectivity index (χ2v) is 10.9. The average molecular weight is 506 g/mol. The molecule has 7 heteroatoms. The summed E-state index contributed by atoms with van der Waals surface area (Å²) in [6.07, 6.45) is 7.39. The second kappa shape index (κ2) is 10.2. The molecule has 1 N–H and O–H groups in total. The van der Waals surface area contributed by atoms with Crippen LogP contribution in [-0.4, -0.2) is 49.0 Å². The number of carbonyl (C=O) groups excluding carboxylic acids is 2. The van der Waals surface area contributed by atoms with Crippen molar-refractivity contribution in [1.82, 2.24) is 10.4 Å². The van der Waals surface area contributed by atoms with Crippen molar-refractivity contribution >= 4 is 33.4 Å². The molecule has 1 atom stereocenters. The minimum absolute atomic E-state index is 0.0419. The molecule has 0 radical (unpaired) electrons. The Bertz CT molecular complexity index is 830. The Morgan fingerprint density at radius 3 is 2.44 bits per heavy atom. The van der Waals surface area contributed by atoms with Gasteiger partial charge in [0.05, 0.1) is 13.0 Å². The molecule has 1 aliphatic carbocycles. The molecule has 2 heterocycles. The number of carbonyl (C=O) groups is 2. The lowest BCUT2D eigenvalue weighted by Gasteiger charge is -2.43. The van der Waals surface area contributed by atoms with Crippen LogP contribution in [0.3, 0.4) is 0 Å². The Morgan fingerprint density at radius 1 is 1.12 bits per heavy atom. The van der Waals surface area contributed by atoms with E-state index in [0.29, 0.717) is 6.04 Å². The monoisotopic (exact) mass is 505 g/mol. The number of nitrogens with one attached hydrogen (secondary N) is 1. The fourth-order valence-electron chi connectivity index (χ4n) is 6.00. The van der Waals surface area contributed by atoms with Crippen LogP contribution in [0.1, 0.15) is 70.3 Å². The number of fused-ring (bicyclic) bond motifs is 1. The minimum Gasteiger partial charge on any atom is -0.308 e. The van der Waals surface area contributed by atoms with E-state index >= 15 is 0 Å². The first kappa shape index (κ1) is 23.7. The lowest BCUT2D eigenvalue weighted by atomic mass is 9.79. The van der Waals surface area contributed by atoms with Gasteiger partial charge in [0, 0.05) is 41.8 Å². The van der Waals surface area contributed by atoms with Crippen LogP contribution in [0.25, 0.3) is 0 Å². The van der Waals surface area contributed by atoms with Crippen LogP contribution in [0.5, 0.6) is 0 Å². The van der Waals surface area contributed by atoms with Crippen molar-refractivity contribution in [3.63, 3.8) is 0 Å². The van der Waals surface area contributed by atoms with E-state index in [1.165, 1.54) is 32.8 Å². The summed E-state index contributed by atoms with van der Waals surface area (Å²) in [5.41, 5.74) is 4.25. The van der Waals surface area contributed by atoms with Crippen LogP contribution in [0.4, 0.5) is 5.69 Å². The Morgan fingerprint density at radius 2 is 1.81 bits per heavy atom. The quantitative estimate of drug-likeness (QED) is 0.572. The van der Waals surface area contributed by atoms with Crippen LogP contribution < -0.4 is 10.4 Å². The maximum absolute atomic E-state index is 13.5. The summed E-state index contributed by atoms with van der Waals surface area (Å²) in [7, 11) is 1.41. The van der Waals surface area contributed by atoms with Gasteiger partial charge in [0.2, 0.25) is 11.8 Å². The molecule has 2 fully saturated rings. The number of hydrogen-bond donors (Lipinski definition) is 1. The third-order valence-corrected chi connectivity index (χ3v) is 8.32. The number of piperidine rings is 1. The minimum atomic E-state index is -0.456. The largest absolute Gasteiger partial charge is 0.308 e. The molecule has 0 aromatic heterocycles. The summed E-state index contributed by atoms with van der Waals surface area (Å²) in [5, 5.41) is 0. The van der Waals surface area contributed by atoms with Crippen LogP contribution in [0.15, 0.2) is 22.7 Å². The summed E-state index contributed by atoms with van der Waals surface area (Å²) in [5.74, 6) is 0.989. The van der Waals surface area contributed by atoms with Gasteiger partial charge in [-0.15, -0.1) is 0 Å². The van der Waals surface area contributed by atoms with E-state index in [-0.39, 0.29) is 24.3 Å². The number of amides is 2. The van der Waals surface area contributed by atoms with Crippen molar-refractivity contribution in [3.8, 4) is 0 Å². The number of benzene rings is 1. The van der Waals surface area contributed by atoms with Crippen LogP contribution >= 0.6 is 15.9 Å².